The molecular weight excluding hydrogens is 661 g/mol. The molecule has 0 aliphatic carbocycles. The normalized spacial score (nSPS) is 11.0. The molecule has 0 atom stereocenters. The number of unbranched alkanes of at least 4 members (excludes halogenated alkanes) is 2. The summed E-state index contributed by atoms with van der Waals surface area (Å²) in [5.41, 5.74) is 12.5. The van der Waals surface area contributed by atoms with Gasteiger partial charge in [0, 0.05) is 40.4 Å². The molecule has 4 nitrogen and oxygen atoms in total. The van der Waals surface area contributed by atoms with Gasteiger partial charge in [-0.1, -0.05) is 124 Å². The van der Waals surface area contributed by atoms with Crippen LogP contribution in [-0.4, -0.2) is 10.2 Å². The number of benzene rings is 7. The van der Waals surface area contributed by atoms with Gasteiger partial charge in [-0.25, -0.2) is 0 Å². The number of hydrogen-bond donors (Lipinski definition) is 2. The second-order valence-electron chi connectivity index (χ2n) is 13.8. The molecule has 4 heteroatoms. The van der Waals surface area contributed by atoms with Gasteiger partial charge in [0.1, 0.15) is 11.5 Å². The van der Waals surface area contributed by atoms with E-state index >= 15 is 0 Å². The molecule has 0 unspecified atom stereocenters. The van der Waals surface area contributed by atoms with Crippen molar-refractivity contribution in [3.8, 4) is 33.8 Å². The Labute approximate surface area is 320 Å². The highest BCUT2D eigenvalue weighted by molar-refractivity contribution is 6.02. The lowest BCUT2D eigenvalue weighted by molar-refractivity contribution is 0.475. The van der Waals surface area contributed by atoms with E-state index in [2.05, 4.69) is 139 Å². The van der Waals surface area contributed by atoms with Crippen molar-refractivity contribution >= 4 is 34.1 Å². The maximum atomic E-state index is 10.9. The molecule has 2 N–H and O–H groups in total. The van der Waals surface area contributed by atoms with Crippen LogP contribution in [0.15, 0.2) is 170 Å². The molecule has 0 aliphatic heterocycles. The molecule has 0 aliphatic rings. The first kappa shape index (κ1) is 36.1. The SMILES string of the molecule is CCCCc1ccc(N(c2cccc(O)c2)c2cccc(N(c3ccc(CCCC)cc3)c3cccc(O)c3)c2-c2ccccc2-c2ccccc2)cc1. The second-order valence-corrected chi connectivity index (χ2v) is 13.8. The fourth-order valence-electron chi connectivity index (χ4n) is 7.25. The summed E-state index contributed by atoms with van der Waals surface area (Å²) in [6, 6.07) is 58.2. The Balaban J connectivity index is 1.54. The van der Waals surface area contributed by atoms with Crippen LogP contribution in [0, 0.1) is 0 Å². The molecule has 7 rings (SSSR count). The minimum atomic E-state index is 0.198. The molecule has 270 valence electrons. The summed E-state index contributed by atoms with van der Waals surface area (Å²) < 4.78 is 0. The molecule has 54 heavy (non-hydrogen) atoms. The highest BCUT2D eigenvalue weighted by Gasteiger charge is 2.26. The molecule has 0 saturated carbocycles. The van der Waals surface area contributed by atoms with Gasteiger partial charge in [0.15, 0.2) is 0 Å². The van der Waals surface area contributed by atoms with E-state index in [1.165, 1.54) is 11.1 Å². The number of aromatic hydroxyl groups is 2. The summed E-state index contributed by atoms with van der Waals surface area (Å²) in [6.07, 6.45) is 6.64. The highest BCUT2D eigenvalue weighted by Crippen LogP contribution is 2.51. The van der Waals surface area contributed by atoms with E-state index in [1.54, 1.807) is 12.1 Å². The lowest BCUT2D eigenvalue weighted by Gasteiger charge is -2.33. The van der Waals surface area contributed by atoms with E-state index in [4.69, 9.17) is 0 Å². The van der Waals surface area contributed by atoms with Gasteiger partial charge in [-0.05, 0) is 114 Å². The van der Waals surface area contributed by atoms with Gasteiger partial charge in [-0.2, -0.15) is 0 Å². The average Bonchev–Trinajstić information content (AvgIpc) is 3.21. The number of rotatable bonds is 14. The number of anilines is 6. The predicted octanol–water partition coefficient (Wildman–Crippen LogP) is 14.1. The van der Waals surface area contributed by atoms with E-state index in [0.717, 1.165) is 94.9 Å². The topological polar surface area (TPSA) is 46.9 Å². The smallest absolute Gasteiger partial charge is 0.117 e. The van der Waals surface area contributed by atoms with E-state index in [1.807, 2.05) is 42.5 Å². The van der Waals surface area contributed by atoms with Gasteiger partial charge in [-0.15, -0.1) is 0 Å². The second kappa shape index (κ2) is 17.0. The molecular formula is C50H48N2O2. The van der Waals surface area contributed by atoms with Crippen LogP contribution < -0.4 is 9.80 Å². The lowest BCUT2D eigenvalue weighted by Crippen LogP contribution is -2.16. The zero-order valence-electron chi connectivity index (χ0n) is 31.2. The molecule has 0 heterocycles. The first-order chi connectivity index (χ1) is 26.5. The van der Waals surface area contributed by atoms with Crippen molar-refractivity contribution in [3.63, 3.8) is 0 Å². The quantitative estimate of drug-likeness (QED) is 0.118. The maximum absolute atomic E-state index is 10.9. The van der Waals surface area contributed by atoms with Crippen LogP contribution in [0.3, 0.4) is 0 Å². The molecule has 0 bridgehead atoms. The molecule has 7 aromatic carbocycles. The summed E-state index contributed by atoms with van der Waals surface area (Å²) in [6.45, 7) is 4.45. The van der Waals surface area contributed by atoms with Crippen molar-refractivity contribution in [2.45, 2.75) is 52.4 Å². The number of aryl methyl sites for hydroxylation is 2. The monoisotopic (exact) mass is 708 g/mol. The Morgan fingerprint density at radius 2 is 0.852 bits per heavy atom. The molecule has 0 spiro atoms. The lowest BCUT2D eigenvalue weighted by atomic mass is 9.91. The summed E-state index contributed by atoms with van der Waals surface area (Å²) in [5.74, 6) is 0.396. The average molecular weight is 709 g/mol. The molecule has 0 aromatic heterocycles. The summed E-state index contributed by atoms with van der Waals surface area (Å²) in [5, 5.41) is 21.7. The van der Waals surface area contributed by atoms with Gasteiger partial charge < -0.3 is 20.0 Å². The summed E-state index contributed by atoms with van der Waals surface area (Å²) in [4.78, 5) is 4.50. The van der Waals surface area contributed by atoms with Crippen molar-refractivity contribution in [1.82, 2.24) is 0 Å². The van der Waals surface area contributed by atoms with Crippen LogP contribution >= 0.6 is 0 Å². The molecule has 0 amide bonds. The third kappa shape index (κ3) is 8.04. The van der Waals surface area contributed by atoms with Gasteiger partial charge in [0.25, 0.3) is 0 Å². The van der Waals surface area contributed by atoms with Crippen molar-refractivity contribution < 1.29 is 10.2 Å². The Morgan fingerprint density at radius 1 is 0.407 bits per heavy atom. The van der Waals surface area contributed by atoms with Crippen LogP contribution in [0.5, 0.6) is 11.5 Å². The van der Waals surface area contributed by atoms with Crippen LogP contribution in [0.4, 0.5) is 34.1 Å². The summed E-state index contributed by atoms with van der Waals surface area (Å²) in [7, 11) is 0. The van der Waals surface area contributed by atoms with E-state index in [-0.39, 0.29) is 11.5 Å². The number of nitrogens with zero attached hydrogens (tertiary/aromatic N) is 2. The van der Waals surface area contributed by atoms with Gasteiger partial charge >= 0.3 is 0 Å². The number of phenols is 2. The third-order valence-electron chi connectivity index (χ3n) is 9.99. The Morgan fingerprint density at radius 3 is 1.31 bits per heavy atom. The Kier molecular flexibility index (Phi) is 11.4. The minimum absolute atomic E-state index is 0.198. The van der Waals surface area contributed by atoms with Crippen molar-refractivity contribution in [3.05, 3.63) is 181 Å². The highest BCUT2D eigenvalue weighted by atomic mass is 16.3. The van der Waals surface area contributed by atoms with E-state index in [9.17, 15) is 10.2 Å². The standard InChI is InChI=1S/C50H48N2O2/c1-3-5-15-37-27-31-40(32-28-37)51(42-19-12-21-44(53)35-42)48-25-14-26-49(50(48)47-24-11-10-23-46(47)39-17-8-7-9-18-39)52(43-20-13-22-45(54)36-43)41-33-29-38(30-34-41)16-6-4-2/h7-14,17-36,53-54H,3-6,15-16H2,1-2H3. The fourth-order valence-corrected chi connectivity index (χ4v) is 7.25. The zero-order valence-corrected chi connectivity index (χ0v) is 31.2. The van der Waals surface area contributed by atoms with Gasteiger partial charge in [0.05, 0.1) is 11.4 Å². The number of phenolic OH excluding ortho intramolecular Hbond substituents is 2. The van der Waals surface area contributed by atoms with Gasteiger partial charge in [0.2, 0.25) is 0 Å². The number of hydrogen-bond acceptors (Lipinski definition) is 4. The van der Waals surface area contributed by atoms with Crippen molar-refractivity contribution in [2.75, 3.05) is 9.80 Å². The van der Waals surface area contributed by atoms with Crippen LogP contribution in [0.2, 0.25) is 0 Å². The Hall–Kier alpha value is -6.26. The zero-order chi connectivity index (χ0) is 37.3. The molecule has 0 fully saturated rings. The van der Waals surface area contributed by atoms with Crippen molar-refractivity contribution in [2.24, 2.45) is 0 Å². The summed E-state index contributed by atoms with van der Waals surface area (Å²) >= 11 is 0. The minimum Gasteiger partial charge on any atom is -0.508 e. The fraction of sp³-hybridized carbons (Fsp3) is 0.160. The first-order valence-electron chi connectivity index (χ1n) is 19.2. The van der Waals surface area contributed by atoms with Crippen LogP contribution in [0.25, 0.3) is 22.3 Å². The molecule has 0 radical (unpaired) electrons. The first-order valence-corrected chi connectivity index (χ1v) is 19.2. The van der Waals surface area contributed by atoms with Crippen LogP contribution in [-0.2, 0) is 12.8 Å². The molecule has 0 saturated heterocycles. The van der Waals surface area contributed by atoms with E-state index in [0.29, 0.717) is 0 Å². The van der Waals surface area contributed by atoms with Gasteiger partial charge in [-0.3, -0.25) is 0 Å². The predicted molar refractivity (Wildman–Crippen MR) is 227 cm³/mol. The van der Waals surface area contributed by atoms with Crippen molar-refractivity contribution in [1.29, 1.82) is 0 Å². The van der Waals surface area contributed by atoms with E-state index < -0.39 is 0 Å². The molecule has 7 aromatic rings. The van der Waals surface area contributed by atoms with Crippen LogP contribution in [0.1, 0.15) is 50.7 Å². The maximum Gasteiger partial charge on any atom is 0.117 e. The third-order valence-corrected chi connectivity index (χ3v) is 9.99. The largest absolute Gasteiger partial charge is 0.508 e. The Bertz CT molecular complexity index is 2160.